The topological polar surface area (TPSA) is 122 Å². The van der Waals surface area contributed by atoms with Gasteiger partial charge in [-0.05, 0) is 62.8 Å². The van der Waals surface area contributed by atoms with E-state index in [0.717, 1.165) is 28.9 Å². The molecular weight excluding hydrogens is 582 g/mol. The van der Waals surface area contributed by atoms with Crippen molar-refractivity contribution in [2.24, 2.45) is 0 Å². The molecule has 1 N–H and O–H groups in total. The van der Waals surface area contributed by atoms with Gasteiger partial charge < -0.3 is 19.7 Å². The van der Waals surface area contributed by atoms with E-state index in [1.54, 1.807) is 26.8 Å². The van der Waals surface area contributed by atoms with Crippen LogP contribution in [0, 0.1) is 0 Å². The van der Waals surface area contributed by atoms with Crippen LogP contribution in [0.25, 0.3) is 0 Å². The second-order valence-electron chi connectivity index (χ2n) is 12.4. The summed E-state index contributed by atoms with van der Waals surface area (Å²) in [5, 5.41) is 1.54. The molecular formula is C33H35N3O7S. The second-order valence-corrected chi connectivity index (χ2v) is 13.9. The van der Waals surface area contributed by atoms with Crippen molar-refractivity contribution in [2.75, 3.05) is 12.3 Å². The number of benzene rings is 2. The Kier molecular flexibility index (Phi) is 7.91. The molecule has 3 amide bonds. The number of ether oxygens (including phenoxy) is 2. The lowest BCUT2D eigenvalue weighted by molar-refractivity contribution is -0.153. The number of amides is 3. The molecule has 1 aliphatic carbocycles. The van der Waals surface area contributed by atoms with E-state index in [9.17, 15) is 23.4 Å². The molecule has 0 spiro atoms. The van der Waals surface area contributed by atoms with Gasteiger partial charge >= 0.3 is 12.1 Å². The maximum atomic E-state index is 14.2. The van der Waals surface area contributed by atoms with Crippen LogP contribution < -0.4 is 5.32 Å². The van der Waals surface area contributed by atoms with E-state index < -0.39 is 51.9 Å². The maximum absolute atomic E-state index is 14.2. The molecule has 3 heterocycles. The molecule has 1 saturated carbocycles. The van der Waals surface area contributed by atoms with Gasteiger partial charge in [0, 0.05) is 18.2 Å². The van der Waals surface area contributed by atoms with E-state index in [4.69, 9.17) is 9.47 Å². The number of esters is 1. The number of carbonyl (C=O) groups excluding carboxylic acids is 4. The van der Waals surface area contributed by atoms with Crippen molar-refractivity contribution >= 4 is 34.7 Å². The number of hydrogen-bond acceptors (Lipinski definition) is 7. The maximum Gasteiger partial charge on any atom is 0.408 e. The molecule has 4 aliphatic rings. The quantitative estimate of drug-likeness (QED) is 0.286. The predicted molar refractivity (Wildman–Crippen MR) is 162 cm³/mol. The Morgan fingerprint density at radius 3 is 2.18 bits per heavy atom. The normalized spacial score (nSPS) is 24.4. The Labute approximate surface area is 258 Å². The Bertz CT molecular complexity index is 1540. The molecule has 6 rings (SSSR count). The van der Waals surface area contributed by atoms with Crippen molar-refractivity contribution in [3.63, 3.8) is 0 Å². The Balaban J connectivity index is 1.36. The Morgan fingerprint density at radius 2 is 1.61 bits per heavy atom. The van der Waals surface area contributed by atoms with E-state index in [1.165, 1.54) is 0 Å². The summed E-state index contributed by atoms with van der Waals surface area (Å²) in [5.74, 6) is -1.59. The van der Waals surface area contributed by atoms with Crippen LogP contribution in [0.4, 0.5) is 4.79 Å². The number of hydrogen-bond donors (Lipinski definition) is 1. The second kappa shape index (κ2) is 11.7. The summed E-state index contributed by atoms with van der Waals surface area (Å²) >= 11 is 0. The van der Waals surface area contributed by atoms with Gasteiger partial charge in [-0.3, -0.25) is 18.7 Å². The summed E-state index contributed by atoms with van der Waals surface area (Å²) in [5.41, 5.74) is 1.40. The average Bonchev–Trinajstić information content (AvgIpc) is 3.77. The predicted octanol–water partition coefficient (Wildman–Crippen LogP) is 3.72. The standard InChI is InChI=1S/C33H35N3O7S/c1-33(2,3)43-32(40)34-25-29(38)36-26(31(39)42-27(20-10-6-4-7-11-20)21-12-8-5-9-13-21)23(19-44(41)30(25)36)18-22-16-17-35(28(22)37)24-14-15-24/h4-13,18,24-25,27,30H,14-17,19H2,1-3H3,(H,34,40)/b22-18-/t25-,30-,44+/m1/s1. The zero-order valence-corrected chi connectivity index (χ0v) is 25.7. The number of allylic oxidation sites excluding steroid dienone is 1. The zero-order chi connectivity index (χ0) is 31.2. The van der Waals surface area contributed by atoms with Gasteiger partial charge in [-0.15, -0.1) is 0 Å². The molecule has 2 aromatic rings. The van der Waals surface area contributed by atoms with Crippen LogP contribution in [0.5, 0.6) is 0 Å². The molecule has 11 heteroatoms. The van der Waals surface area contributed by atoms with Gasteiger partial charge in [-0.1, -0.05) is 60.7 Å². The number of nitrogens with one attached hydrogen (secondary N) is 1. The molecule has 3 atom stereocenters. The van der Waals surface area contributed by atoms with E-state index in [0.29, 0.717) is 24.1 Å². The van der Waals surface area contributed by atoms with E-state index >= 15 is 0 Å². The first-order valence-electron chi connectivity index (χ1n) is 14.8. The van der Waals surface area contributed by atoms with Gasteiger partial charge in [-0.25, -0.2) is 9.59 Å². The van der Waals surface area contributed by atoms with Gasteiger partial charge in [0.2, 0.25) is 5.91 Å². The van der Waals surface area contributed by atoms with Crippen molar-refractivity contribution in [3.8, 4) is 0 Å². The highest BCUT2D eigenvalue weighted by Crippen LogP contribution is 2.39. The third-order valence-electron chi connectivity index (χ3n) is 7.94. The number of nitrogens with zero attached hydrogens (tertiary/aromatic N) is 2. The van der Waals surface area contributed by atoms with E-state index in [2.05, 4.69) is 5.32 Å². The van der Waals surface area contributed by atoms with Gasteiger partial charge in [0.15, 0.2) is 6.10 Å². The largest absolute Gasteiger partial charge is 0.448 e. The Hall–Kier alpha value is -4.25. The van der Waals surface area contributed by atoms with Gasteiger partial charge in [-0.2, -0.15) is 0 Å². The molecule has 3 aliphatic heterocycles. The Morgan fingerprint density at radius 1 is 1.00 bits per heavy atom. The van der Waals surface area contributed by atoms with Gasteiger partial charge in [0.05, 0.1) is 16.6 Å². The number of likely N-dealkylation sites (tertiary alicyclic amines) is 1. The van der Waals surface area contributed by atoms with Crippen LogP contribution in [0.2, 0.25) is 0 Å². The van der Waals surface area contributed by atoms with Crippen LogP contribution in [-0.4, -0.2) is 73.2 Å². The monoisotopic (exact) mass is 617 g/mol. The minimum absolute atomic E-state index is 0.0659. The number of rotatable bonds is 7. The molecule has 0 bridgehead atoms. The summed E-state index contributed by atoms with van der Waals surface area (Å²) in [6.45, 7) is 5.67. The van der Waals surface area contributed by atoms with Crippen molar-refractivity contribution in [1.82, 2.24) is 15.1 Å². The minimum atomic E-state index is -1.69. The lowest BCUT2D eigenvalue weighted by atomic mass is 10.00. The first kappa shape index (κ1) is 29.8. The summed E-state index contributed by atoms with van der Waals surface area (Å²) in [6.07, 6.45) is 2.43. The molecule has 0 unspecified atom stereocenters. The fraction of sp³-hybridized carbons (Fsp3) is 0.394. The summed E-state index contributed by atoms with van der Waals surface area (Å²) in [4.78, 5) is 56.4. The summed E-state index contributed by atoms with van der Waals surface area (Å²) < 4.78 is 25.0. The fourth-order valence-corrected chi connectivity index (χ4v) is 7.43. The zero-order valence-electron chi connectivity index (χ0n) is 24.9. The number of carbonyl (C=O) groups is 4. The lowest BCUT2D eigenvalue weighted by Gasteiger charge is -2.49. The molecule has 44 heavy (non-hydrogen) atoms. The lowest BCUT2D eigenvalue weighted by Crippen LogP contribution is -2.73. The van der Waals surface area contributed by atoms with Crippen LogP contribution in [0.3, 0.4) is 0 Å². The van der Waals surface area contributed by atoms with Gasteiger partial charge in [0.1, 0.15) is 22.7 Å². The molecule has 2 saturated heterocycles. The number of alkyl carbamates (subject to hydrolysis) is 1. The highest BCUT2D eigenvalue weighted by Gasteiger charge is 2.58. The summed E-state index contributed by atoms with van der Waals surface area (Å²) in [7, 11) is -1.69. The first-order chi connectivity index (χ1) is 21.0. The number of fused-ring (bicyclic) bond motifs is 1. The molecule has 2 aromatic carbocycles. The van der Waals surface area contributed by atoms with Crippen LogP contribution >= 0.6 is 0 Å². The minimum Gasteiger partial charge on any atom is -0.448 e. The summed E-state index contributed by atoms with van der Waals surface area (Å²) in [6, 6.07) is 17.6. The van der Waals surface area contributed by atoms with Crippen molar-refractivity contribution < 1.29 is 32.9 Å². The van der Waals surface area contributed by atoms with Gasteiger partial charge in [0.25, 0.3) is 5.91 Å². The molecule has 0 radical (unpaired) electrons. The van der Waals surface area contributed by atoms with E-state index in [1.807, 2.05) is 65.6 Å². The number of β-lactam (4-membered cyclic amide) rings is 1. The molecule has 3 fully saturated rings. The van der Waals surface area contributed by atoms with Crippen molar-refractivity contribution in [1.29, 1.82) is 0 Å². The SMILES string of the molecule is CC(C)(C)OC(=O)N[C@@H]1C(=O)N2C(C(=O)OC(c3ccccc3)c3ccccc3)=C(/C=C3/CCN(C4CC4)C3=O)C[S@](=O)[C@H]12. The van der Waals surface area contributed by atoms with Crippen LogP contribution in [0.15, 0.2) is 83.6 Å². The van der Waals surface area contributed by atoms with Crippen LogP contribution in [0.1, 0.15) is 57.3 Å². The average molecular weight is 618 g/mol. The molecule has 0 aromatic heterocycles. The van der Waals surface area contributed by atoms with Crippen molar-refractivity contribution in [2.45, 2.75) is 69.2 Å². The molecule has 10 nitrogen and oxygen atoms in total. The third-order valence-corrected chi connectivity index (χ3v) is 9.56. The highest BCUT2D eigenvalue weighted by molar-refractivity contribution is 7.86. The third kappa shape index (κ3) is 5.93. The van der Waals surface area contributed by atoms with Crippen molar-refractivity contribution in [3.05, 3.63) is 94.7 Å². The fourth-order valence-electron chi connectivity index (χ4n) is 5.80. The highest BCUT2D eigenvalue weighted by atomic mass is 32.2. The first-order valence-corrected chi connectivity index (χ1v) is 16.2. The molecule has 230 valence electrons. The smallest absolute Gasteiger partial charge is 0.408 e. The van der Waals surface area contributed by atoms with Crippen LogP contribution in [-0.2, 0) is 34.7 Å². The van der Waals surface area contributed by atoms with E-state index in [-0.39, 0.29) is 23.4 Å².